The Morgan fingerprint density at radius 2 is 1.75 bits per heavy atom. The molecule has 3 aromatic rings. The summed E-state index contributed by atoms with van der Waals surface area (Å²) in [7, 11) is 3.11. The highest BCUT2D eigenvalue weighted by Crippen LogP contribution is 2.37. The highest BCUT2D eigenvalue weighted by Gasteiger charge is 2.21. The first-order valence-electron chi connectivity index (χ1n) is 9.92. The number of carbonyl (C=O) groups excluding carboxylic acids is 2. The summed E-state index contributed by atoms with van der Waals surface area (Å²) in [6, 6.07) is 15.9. The number of hydrogen-bond donors (Lipinski definition) is 2. The monoisotopic (exact) mass is 430 g/mol. The van der Waals surface area contributed by atoms with Crippen LogP contribution in [0.4, 0.5) is 11.4 Å². The van der Waals surface area contributed by atoms with Crippen LogP contribution < -0.4 is 24.8 Å². The van der Waals surface area contributed by atoms with Gasteiger partial charge in [-0.15, -0.1) is 0 Å². The van der Waals surface area contributed by atoms with Crippen LogP contribution in [0, 0.1) is 6.92 Å². The average molecular weight is 430 g/mol. The Morgan fingerprint density at radius 1 is 0.969 bits per heavy atom. The smallest absolute Gasteiger partial charge is 0.259 e. The molecule has 2 N–H and O–H groups in total. The molecule has 0 saturated carbocycles. The number of nitrogens with one attached hydrogen (secondary N) is 2. The predicted octanol–water partition coefficient (Wildman–Crippen LogP) is 5.02. The number of ether oxygens (including phenoxy) is 3. The first-order chi connectivity index (χ1) is 15.5. The van der Waals surface area contributed by atoms with Crippen molar-refractivity contribution in [2.45, 2.75) is 6.92 Å². The summed E-state index contributed by atoms with van der Waals surface area (Å²) in [5, 5.41) is 5.62. The Bertz CT molecular complexity index is 1230. The molecule has 0 fully saturated rings. The van der Waals surface area contributed by atoms with E-state index in [2.05, 4.69) is 10.6 Å². The van der Waals surface area contributed by atoms with Gasteiger partial charge in [-0.25, -0.2) is 0 Å². The van der Waals surface area contributed by atoms with Crippen molar-refractivity contribution in [2.75, 3.05) is 24.9 Å². The lowest BCUT2D eigenvalue weighted by atomic mass is 10.1. The zero-order valence-electron chi connectivity index (χ0n) is 17.9. The van der Waals surface area contributed by atoms with E-state index in [4.69, 9.17) is 14.2 Å². The summed E-state index contributed by atoms with van der Waals surface area (Å²) in [5.74, 6) is 1.52. The SMILES string of the molecule is COc1ccc(/C=C/C(=O)Nc2ccc3c(c2)C(=O)Nc2cc(C)ccc2O3)cc1OC. The van der Waals surface area contributed by atoms with Crippen LogP contribution >= 0.6 is 0 Å². The molecule has 7 heteroatoms. The summed E-state index contributed by atoms with van der Waals surface area (Å²) in [6.45, 7) is 1.94. The molecular formula is C25H22N2O5. The van der Waals surface area contributed by atoms with E-state index in [0.717, 1.165) is 11.1 Å². The molecule has 0 spiro atoms. The standard InChI is InChI=1S/C25H22N2O5/c1-15-4-8-21-19(12-15)27-25(29)18-14-17(7-10-20(18)32-21)26-24(28)11-6-16-5-9-22(30-2)23(13-16)31-3/h4-14H,1-3H3,(H,26,28)(H,27,29)/b11-6+. The van der Waals surface area contributed by atoms with Gasteiger partial charge in [0, 0.05) is 11.8 Å². The van der Waals surface area contributed by atoms with E-state index in [1.165, 1.54) is 6.08 Å². The molecule has 1 aliphatic rings. The van der Waals surface area contributed by atoms with Crippen LogP contribution in [-0.2, 0) is 4.79 Å². The van der Waals surface area contributed by atoms with E-state index >= 15 is 0 Å². The fourth-order valence-electron chi connectivity index (χ4n) is 3.33. The van der Waals surface area contributed by atoms with Gasteiger partial charge >= 0.3 is 0 Å². The molecule has 0 aliphatic carbocycles. The quantitative estimate of drug-likeness (QED) is 0.555. The number of aryl methyl sites for hydroxylation is 1. The van der Waals surface area contributed by atoms with Gasteiger partial charge in [-0.1, -0.05) is 12.1 Å². The molecule has 0 saturated heterocycles. The number of rotatable bonds is 5. The fraction of sp³-hybridized carbons (Fsp3) is 0.120. The van der Waals surface area contributed by atoms with Crippen molar-refractivity contribution in [2.24, 2.45) is 0 Å². The summed E-state index contributed by atoms with van der Waals surface area (Å²) >= 11 is 0. The van der Waals surface area contributed by atoms with Crippen LogP contribution in [0.3, 0.4) is 0 Å². The Hall–Kier alpha value is -4.26. The van der Waals surface area contributed by atoms with Crippen molar-refractivity contribution >= 4 is 29.3 Å². The van der Waals surface area contributed by atoms with Crippen molar-refractivity contribution < 1.29 is 23.8 Å². The number of methoxy groups -OCH3 is 2. The number of anilines is 2. The zero-order valence-corrected chi connectivity index (χ0v) is 17.9. The third kappa shape index (κ3) is 4.41. The lowest BCUT2D eigenvalue weighted by Crippen LogP contribution is -2.12. The van der Waals surface area contributed by atoms with E-state index in [1.54, 1.807) is 50.6 Å². The molecule has 4 rings (SSSR count). The number of hydrogen-bond acceptors (Lipinski definition) is 5. The van der Waals surface area contributed by atoms with E-state index in [1.807, 2.05) is 31.2 Å². The number of benzene rings is 3. The maximum absolute atomic E-state index is 12.7. The summed E-state index contributed by atoms with van der Waals surface area (Å²) in [6.07, 6.45) is 3.07. The molecule has 2 amide bonds. The lowest BCUT2D eigenvalue weighted by molar-refractivity contribution is -0.111. The van der Waals surface area contributed by atoms with E-state index in [-0.39, 0.29) is 11.8 Å². The highest BCUT2D eigenvalue weighted by molar-refractivity contribution is 6.09. The maximum atomic E-state index is 12.7. The van der Waals surface area contributed by atoms with E-state index in [9.17, 15) is 9.59 Å². The topological polar surface area (TPSA) is 85.9 Å². The molecule has 0 aromatic heterocycles. The lowest BCUT2D eigenvalue weighted by Gasteiger charge is -2.09. The first kappa shape index (κ1) is 21.0. The first-order valence-corrected chi connectivity index (χ1v) is 9.92. The third-order valence-electron chi connectivity index (χ3n) is 4.93. The molecular weight excluding hydrogens is 408 g/mol. The Labute approximate surface area is 185 Å². The highest BCUT2D eigenvalue weighted by atomic mass is 16.5. The van der Waals surface area contributed by atoms with Crippen LogP contribution in [0.5, 0.6) is 23.0 Å². The molecule has 0 bridgehead atoms. The number of fused-ring (bicyclic) bond motifs is 2. The minimum absolute atomic E-state index is 0.304. The van der Waals surface area contributed by atoms with Crippen LogP contribution in [0.15, 0.2) is 60.7 Å². The van der Waals surface area contributed by atoms with Gasteiger partial charge in [0.2, 0.25) is 5.91 Å². The number of amides is 2. The van der Waals surface area contributed by atoms with E-state index in [0.29, 0.717) is 39.9 Å². The Kier molecular flexibility index (Phi) is 5.81. The van der Waals surface area contributed by atoms with Gasteiger partial charge in [0.15, 0.2) is 17.2 Å². The molecule has 162 valence electrons. The Morgan fingerprint density at radius 3 is 2.53 bits per heavy atom. The van der Waals surface area contributed by atoms with Crippen molar-refractivity contribution in [1.82, 2.24) is 0 Å². The van der Waals surface area contributed by atoms with Gasteiger partial charge in [0.1, 0.15) is 5.75 Å². The molecule has 0 unspecified atom stereocenters. The van der Waals surface area contributed by atoms with Gasteiger partial charge < -0.3 is 24.8 Å². The minimum Gasteiger partial charge on any atom is -0.493 e. The van der Waals surface area contributed by atoms with Crippen LogP contribution in [0.25, 0.3) is 6.08 Å². The largest absolute Gasteiger partial charge is 0.493 e. The minimum atomic E-state index is -0.339. The van der Waals surface area contributed by atoms with Gasteiger partial charge in [-0.3, -0.25) is 9.59 Å². The zero-order chi connectivity index (χ0) is 22.7. The predicted molar refractivity (Wildman–Crippen MR) is 123 cm³/mol. The Balaban J connectivity index is 1.50. The average Bonchev–Trinajstić information content (AvgIpc) is 2.92. The van der Waals surface area contributed by atoms with Crippen LogP contribution in [-0.4, -0.2) is 26.0 Å². The molecule has 1 aliphatic heterocycles. The maximum Gasteiger partial charge on any atom is 0.259 e. The van der Waals surface area contributed by atoms with Gasteiger partial charge in [0.25, 0.3) is 5.91 Å². The third-order valence-corrected chi connectivity index (χ3v) is 4.93. The normalized spacial score (nSPS) is 12.2. The molecule has 0 radical (unpaired) electrons. The van der Waals surface area contributed by atoms with Gasteiger partial charge in [-0.05, 0) is 66.6 Å². The summed E-state index contributed by atoms with van der Waals surface area (Å²) in [5.41, 5.74) is 3.20. The summed E-state index contributed by atoms with van der Waals surface area (Å²) in [4.78, 5) is 25.1. The summed E-state index contributed by atoms with van der Waals surface area (Å²) < 4.78 is 16.4. The fourth-order valence-corrected chi connectivity index (χ4v) is 3.33. The van der Waals surface area contributed by atoms with Crippen molar-refractivity contribution in [1.29, 1.82) is 0 Å². The number of carbonyl (C=O) groups is 2. The second-order valence-electron chi connectivity index (χ2n) is 7.20. The molecule has 3 aromatic carbocycles. The second kappa shape index (κ2) is 8.85. The van der Waals surface area contributed by atoms with Crippen LogP contribution in [0.2, 0.25) is 0 Å². The molecule has 0 atom stereocenters. The molecule has 32 heavy (non-hydrogen) atoms. The van der Waals surface area contributed by atoms with Crippen molar-refractivity contribution in [3.63, 3.8) is 0 Å². The molecule has 7 nitrogen and oxygen atoms in total. The van der Waals surface area contributed by atoms with Crippen molar-refractivity contribution in [3.05, 3.63) is 77.4 Å². The second-order valence-corrected chi connectivity index (χ2v) is 7.20. The van der Waals surface area contributed by atoms with E-state index < -0.39 is 0 Å². The van der Waals surface area contributed by atoms with Crippen molar-refractivity contribution in [3.8, 4) is 23.0 Å². The van der Waals surface area contributed by atoms with Gasteiger partial charge in [0.05, 0.1) is 25.5 Å². The van der Waals surface area contributed by atoms with Crippen LogP contribution in [0.1, 0.15) is 21.5 Å². The van der Waals surface area contributed by atoms with Gasteiger partial charge in [-0.2, -0.15) is 0 Å². The molecule has 1 heterocycles.